The molecule has 2 N–H and O–H groups in total. The van der Waals surface area contributed by atoms with Crippen molar-refractivity contribution in [1.82, 2.24) is 19.4 Å². The van der Waals surface area contributed by atoms with Crippen LogP contribution in [0.2, 0.25) is 0 Å². The highest BCUT2D eigenvalue weighted by Crippen LogP contribution is 2.39. The zero-order valence-corrected chi connectivity index (χ0v) is 24.9. The average Bonchev–Trinajstić information content (AvgIpc) is 3.36. The first-order chi connectivity index (χ1) is 19.7. The number of ether oxygens (including phenoxy) is 1. The Labute approximate surface area is 242 Å². The topological polar surface area (TPSA) is 87.5 Å². The molecule has 0 aliphatic carbocycles. The summed E-state index contributed by atoms with van der Waals surface area (Å²) >= 11 is 0. The van der Waals surface area contributed by atoms with Gasteiger partial charge in [-0.05, 0) is 52.6 Å². The third-order valence-electron chi connectivity index (χ3n) is 6.80. The molecular weight excluding hydrogens is 514 g/mol. The summed E-state index contributed by atoms with van der Waals surface area (Å²) in [6, 6.07) is 14.5. The van der Waals surface area contributed by atoms with Crippen LogP contribution in [0, 0.1) is 0 Å². The van der Waals surface area contributed by atoms with Crippen molar-refractivity contribution in [1.29, 1.82) is 0 Å². The summed E-state index contributed by atoms with van der Waals surface area (Å²) in [7, 11) is 6.07. The molecule has 4 rings (SSSR count). The summed E-state index contributed by atoms with van der Waals surface area (Å²) in [5, 5.41) is 7.53. The average molecular weight is 556 g/mol. The van der Waals surface area contributed by atoms with Gasteiger partial charge in [-0.3, -0.25) is 4.79 Å². The van der Waals surface area contributed by atoms with E-state index in [2.05, 4.69) is 86.7 Å². The van der Waals surface area contributed by atoms with Gasteiger partial charge in [0.15, 0.2) is 0 Å². The third kappa shape index (κ3) is 7.05. The first-order valence-corrected chi connectivity index (χ1v) is 14.0. The van der Waals surface area contributed by atoms with Crippen LogP contribution in [-0.4, -0.2) is 66.2 Å². The number of amides is 1. The maximum absolute atomic E-state index is 12.4. The van der Waals surface area contributed by atoms with Gasteiger partial charge in [0.2, 0.25) is 5.91 Å². The van der Waals surface area contributed by atoms with E-state index in [1.165, 1.54) is 6.08 Å². The number of para-hydroxylation sites is 1. The molecule has 0 fully saturated rings. The van der Waals surface area contributed by atoms with Crippen molar-refractivity contribution in [3.05, 3.63) is 67.6 Å². The third-order valence-corrected chi connectivity index (χ3v) is 6.80. The van der Waals surface area contributed by atoms with Crippen molar-refractivity contribution in [2.45, 2.75) is 33.2 Å². The molecule has 0 saturated carbocycles. The fourth-order valence-corrected chi connectivity index (χ4v) is 4.62. The summed E-state index contributed by atoms with van der Waals surface area (Å²) in [6.45, 7) is 12.2. The summed E-state index contributed by atoms with van der Waals surface area (Å²) in [5.74, 6) is 1.01. The number of hydrogen-bond donors (Lipinski definition) is 2. The molecule has 0 unspecified atom stereocenters. The Hall–Kier alpha value is -4.37. The van der Waals surface area contributed by atoms with Crippen LogP contribution in [0.1, 0.15) is 33.2 Å². The molecule has 9 heteroatoms. The van der Waals surface area contributed by atoms with Gasteiger partial charge in [0, 0.05) is 61.0 Å². The number of aromatic nitrogens is 3. The Balaban J connectivity index is 1.75. The van der Waals surface area contributed by atoms with E-state index in [0.717, 1.165) is 47.4 Å². The van der Waals surface area contributed by atoms with Crippen LogP contribution in [0.15, 0.2) is 67.6 Å². The lowest BCUT2D eigenvalue weighted by Crippen LogP contribution is -2.29. The molecule has 41 heavy (non-hydrogen) atoms. The number of hydrogen-bond acceptors (Lipinski definition) is 7. The Bertz CT molecular complexity index is 1510. The van der Waals surface area contributed by atoms with Crippen molar-refractivity contribution in [2.75, 3.05) is 56.4 Å². The highest BCUT2D eigenvalue weighted by Gasteiger charge is 2.18. The SMILES string of the molecule is C=CC(=O)Nc1cc(Nc2cc(-c3cn(C(C)C)c4ccccc34)ncn2)c(OCCC)cc1N(C)CCN(C)C. The molecule has 2 heterocycles. The van der Waals surface area contributed by atoms with Gasteiger partial charge in [-0.2, -0.15) is 0 Å². The smallest absolute Gasteiger partial charge is 0.247 e. The largest absolute Gasteiger partial charge is 0.491 e. The monoisotopic (exact) mass is 555 g/mol. The highest BCUT2D eigenvalue weighted by molar-refractivity contribution is 6.02. The Kier molecular flexibility index (Phi) is 9.62. The molecule has 0 aliphatic heterocycles. The number of likely N-dealkylation sites (N-methyl/N-ethyl adjacent to an activating group) is 2. The Morgan fingerprint density at radius 3 is 2.59 bits per heavy atom. The number of rotatable bonds is 13. The quantitative estimate of drug-likeness (QED) is 0.186. The van der Waals surface area contributed by atoms with Crippen molar-refractivity contribution in [3.63, 3.8) is 0 Å². The number of nitrogens with one attached hydrogen (secondary N) is 2. The van der Waals surface area contributed by atoms with Gasteiger partial charge in [-0.15, -0.1) is 0 Å². The summed E-state index contributed by atoms with van der Waals surface area (Å²) < 4.78 is 8.44. The van der Waals surface area contributed by atoms with Gasteiger partial charge in [-0.25, -0.2) is 9.97 Å². The number of benzene rings is 2. The lowest BCUT2D eigenvalue weighted by atomic mass is 10.1. The van der Waals surface area contributed by atoms with Crippen LogP contribution in [0.3, 0.4) is 0 Å². The van der Waals surface area contributed by atoms with Gasteiger partial charge < -0.3 is 29.7 Å². The maximum atomic E-state index is 12.4. The lowest BCUT2D eigenvalue weighted by molar-refractivity contribution is -0.111. The van der Waals surface area contributed by atoms with E-state index in [4.69, 9.17) is 4.74 Å². The van der Waals surface area contributed by atoms with E-state index in [1.54, 1.807) is 6.33 Å². The van der Waals surface area contributed by atoms with Crippen LogP contribution in [-0.2, 0) is 4.79 Å². The molecule has 216 valence electrons. The second kappa shape index (κ2) is 13.3. The first kappa shape index (κ1) is 29.6. The predicted octanol–water partition coefficient (Wildman–Crippen LogP) is 6.33. The summed E-state index contributed by atoms with van der Waals surface area (Å²) in [6.07, 6.45) is 5.84. The second-order valence-corrected chi connectivity index (χ2v) is 10.6. The van der Waals surface area contributed by atoms with E-state index >= 15 is 0 Å². The number of carbonyl (C=O) groups excluding carboxylic acids is 1. The van der Waals surface area contributed by atoms with E-state index < -0.39 is 0 Å². The Morgan fingerprint density at radius 2 is 1.88 bits per heavy atom. The second-order valence-electron chi connectivity index (χ2n) is 10.6. The van der Waals surface area contributed by atoms with Crippen LogP contribution in [0.5, 0.6) is 5.75 Å². The fourth-order valence-electron chi connectivity index (χ4n) is 4.62. The molecule has 1 amide bonds. The fraction of sp³-hybridized carbons (Fsp3) is 0.344. The van der Waals surface area contributed by atoms with Gasteiger partial charge in [-0.1, -0.05) is 31.7 Å². The van der Waals surface area contributed by atoms with Crippen LogP contribution in [0.4, 0.5) is 22.9 Å². The number of fused-ring (bicyclic) bond motifs is 1. The normalized spacial score (nSPS) is 11.2. The molecule has 0 spiro atoms. The van der Waals surface area contributed by atoms with Crippen molar-refractivity contribution in [3.8, 4) is 17.0 Å². The van der Waals surface area contributed by atoms with Gasteiger partial charge in [0.1, 0.15) is 17.9 Å². The molecule has 0 aliphatic rings. The molecule has 2 aromatic carbocycles. The van der Waals surface area contributed by atoms with Gasteiger partial charge in [0.05, 0.1) is 29.4 Å². The summed E-state index contributed by atoms with van der Waals surface area (Å²) in [5.41, 5.74) is 5.21. The van der Waals surface area contributed by atoms with E-state index in [0.29, 0.717) is 35.6 Å². The van der Waals surface area contributed by atoms with Crippen LogP contribution < -0.4 is 20.3 Å². The Morgan fingerprint density at radius 1 is 1.10 bits per heavy atom. The minimum Gasteiger partial charge on any atom is -0.491 e. The standard InChI is InChI=1S/C32H41N7O2/c1-8-16-41-30-19-29(38(7)15-14-37(5)6)26(36-32(40)9-2)17-27(30)35-31-18-25(33-21-34-31)24-20-39(22(3)4)28-13-11-10-12-23(24)28/h9-13,17-22H,2,8,14-16H2,1,3-7H3,(H,36,40)(H,33,34,35). The van der Waals surface area contributed by atoms with E-state index in [-0.39, 0.29) is 5.91 Å². The van der Waals surface area contributed by atoms with Crippen molar-refractivity contribution in [2.24, 2.45) is 0 Å². The van der Waals surface area contributed by atoms with Crippen LogP contribution >= 0.6 is 0 Å². The highest BCUT2D eigenvalue weighted by atomic mass is 16.5. The van der Waals surface area contributed by atoms with E-state index in [9.17, 15) is 4.79 Å². The molecule has 0 saturated heterocycles. The molecule has 2 aromatic heterocycles. The van der Waals surface area contributed by atoms with Crippen LogP contribution in [0.25, 0.3) is 22.2 Å². The number of nitrogens with zero attached hydrogens (tertiary/aromatic N) is 5. The predicted molar refractivity (Wildman–Crippen MR) is 170 cm³/mol. The lowest BCUT2D eigenvalue weighted by Gasteiger charge is -2.26. The molecule has 9 nitrogen and oxygen atoms in total. The van der Waals surface area contributed by atoms with Gasteiger partial charge >= 0.3 is 0 Å². The first-order valence-electron chi connectivity index (χ1n) is 14.0. The minimum atomic E-state index is -0.286. The molecule has 0 bridgehead atoms. The zero-order valence-electron chi connectivity index (χ0n) is 24.9. The molecular formula is C32H41N7O2. The number of anilines is 4. The molecule has 0 radical (unpaired) electrons. The maximum Gasteiger partial charge on any atom is 0.247 e. The van der Waals surface area contributed by atoms with E-state index in [1.807, 2.05) is 45.4 Å². The summed E-state index contributed by atoms with van der Waals surface area (Å²) in [4.78, 5) is 25.7. The minimum absolute atomic E-state index is 0.286. The number of carbonyl (C=O) groups is 1. The zero-order chi connectivity index (χ0) is 29.5. The van der Waals surface area contributed by atoms with Crippen molar-refractivity contribution >= 4 is 39.7 Å². The molecule has 0 atom stereocenters. The van der Waals surface area contributed by atoms with Gasteiger partial charge in [0.25, 0.3) is 0 Å². The molecule has 4 aromatic rings. The van der Waals surface area contributed by atoms with Crippen molar-refractivity contribution < 1.29 is 9.53 Å².